The molecule has 0 saturated carbocycles. The Balaban J connectivity index is 1.73. The fourth-order valence-electron chi connectivity index (χ4n) is 2.77. The van der Waals surface area contributed by atoms with Gasteiger partial charge in [0.15, 0.2) is 5.82 Å². The molecule has 4 heteroatoms. The van der Waals surface area contributed by atoms with E-state index >= 15 is 0 Å². The first-order valence-electron chi connectivity index (χ1n) is 7.41. The molecule has 0 fully saturated rings. The standard InChI is InChI=1S/C16H21N3O/c1-3-6-15-17-16(20-18-15)12(2)19-10-9-13-7-4-5-8-14(13)11-19/h4-5,7-8,12H,3,6,9-11H2,1-2H3/t12-/m0/s1. The van der Waals surface area contributed by atoms with Crippen LogP contribution >= 0.6 is 0 Å². The highest BCUT2D eigenvalue weighted by Crippen LogP contribution is 2.26. The fourth-order valence-corrected chi connectivity index (χ4v) is 2.77. The second-order valence-corrected chi connectivity index (χ2v) is 5.46. The van der Waals surface area contributed by atoms with E-state index in [0.29, 0.717) is 0 Å². The number of benzene rings is 1. The van der Waals surface area contributed by atoms with E-state index in [0.717, 1.165) is 44.1 Å². The Morgan fingerprint density at radius 1 is 1.30 bits per heavy atom. The van der Waals surface area contributed by atoms with Crippen LogP contribution in [0.3, 0.4) is 0 Å². The number of nitrogens with zero attached hydrogens (tertiary/aromatic N) is 3. The van der Waals surface area contributed by atoms with Gasteiger partial charge in [-0.2, -0.15) is 4.98 Å². The SMILES string of the molecule is CCCc1noc([C@H](C)N2CCc3ccccc3C2)n1. The topological polar surface area (TPSA) is 42.2 Å². The molecule has 1 aliphatic heterocycles. The van der Waals surface area contributed by atoms with Crippen molar-refractivity contribution in [3.63, 3.8) is 0 Å². The van der Waals surface area contributed by atoms with E-state index in [-0.39, 0.29) is 6.04 Å². The van der Waals surface area contributed by atoms with Gasteiger partial charge in [-0.3, -0.25) is 4.90 Å². The molecule has 3 rings (SSSR count). The molecule has 4 nitrogen and oxygen atoms in total. The average Bonchev–Trinajstić information content (AvgIpc) is 2.95. The summed E-state index contributed by atoms with van der Waals surface area (Å²) in [5, 5.41) is 4.05. The van der Waals surface area contributed by atoms with E-state index in [2.05, 4.69) is 53.2 Å². The first-order chi connectivity index (χ1) is 9.78. The third-order valence-corrected chi connectivity index (χ3v) is 4.02. The highest BCUT2D eigenvalue weighted by molar-refractivity contribution is 5.29. The van der Waals surface area contributed by atoms with Gasteiger partial charge in [-0.1, -0.05) is 36.3 Å². The highest BCUT2D eigenvalue weighted by atomic mass is 16.5. The molecule has 0 amide bonds. The minimum absolute atomic E-state index is 0.182. The summed E-state index contributed by atoms with van der Waals surface area (Å²) in [6, 6.07) is 8.85. The maximum atomic E-state index is 5.42. The molecule has 0 radical (unpaired) electrons. The maximum Gasteiger partial charge on any atom is 0.243 e. The first-order valence-corrected chi connectivity index (χ1v) is 7.41. The van der Waals surface area contributed by atoms with Gasteiger partial charge < -0.3 is 4.52 Å². The molecule has 0 bridgehead atoms. The summed E-state index contributed by atoms with van der Waals surface area (Å²) in [7, 11) is 0. The molecule has 20 heavy (non-hydrogen) atoms. The Kier molecular flexibility index (Phi) is 3.83. The molecule has 2 heterocycles. The Morgan fingerprint density at radius 3 is 2.90 bits per heavy atom. The maximum absolute atomic E-state index is 5.42. The Hall–Kier alpha value is -1.68. The lowest BCUT2D eigenvalue weighted by Gasteiger charge is -2.31. The number of rotatable bonds is 4. The van der Waals surface area contributed by atoms with Gasteiger partial charge in [-0.05, 0) is 30.9 Å². The third kappa shape index (κ3) is 2.61. The van der Waals surface area contributed by atoms with Crippen LogP contribution in [-0.4, -0.2) is 21.6 Å². The van der Waals surface area contributed by atoms with Crippen LogP contribution in [0.1, 0.15) is 49.2 Å². The van der Waals surface area contributed by atoms with Gasteiger partial charge >= 0.3 is 0 Å². The van der Waals surface area contributed by atoms with E-state index in [1.54, 1.807) is 0 Å². The molecule has 2 aromatic rings. The Bertz CT molecular complexity index is 579. The predicted molar refractivity (Wildman–Crippen MR) is 77.3 cm³/mol. The normalized spacial score (nSPS) is 16.9. The van der Waals surface area contributed by atoms with Gasteiger partial charge in [0.2, 0.25) is 5.89 Å². The summed E-state index contributed by atoms with van der Waals surface area (Å²) >= 11 is 0. The number of hydrogen-bond acceptors (Lipinski definition) is 4. The predicted octanol–water partition coefficient (Wildman–Crippen LogP) is 3.14. The van der Waals surface area contributed by atoms with Gasteiger partial charge in [0.25, 0.3) is 0 Å². The third-order valence-electron chi connectivity index (χ3n) is 4.02. The van der Waals surface area contributed by atoms with Gasteiger partial charge in [0.1, 0.15) is 0 Å². The fraction of sp³-hybridized carbons (Fsp3) is 0.500. The zero-order chi connectivity index (χ0) is 13.9. The molecule has 0 saturated heterocycles. The lowest BCUT2D eigenvalue weighted by Crippen LogP contribution is -2.33. The lowest BCUT2D eigenvalue weighted by atomic mass is 9.99. The van der Waals surface area contributed by atoms with Crippen molar-refractivity contribution in [1.82, 2.24) is 15.0 Å². The van der Waals surface area contributed by atoms with Gasteiger partial charge in [0.05, 0.1) is 6.04 Å². The van der Waals surface area contributed by atoms with Crippen LogP contribution in [0.5, 0.6) is 0 Å². The zero-order valence-electron chi connectivity index (χ0n) is 12.2. The van der Waals surface area contributed by atoms with Crippen LogP contribution in [0.25, 0.3) is 0 Å². The van der Waals surface area contributed by atoms with E-state index in [1.165, 1.54) is 11.1 Å². The van der Waals surface area contributed by atoms with Gasteiger partial charge in [-0.25, -0.2) is 0 Å². The number of hydrogen-bond donors (Lipinski definition) is 0. The summed E-state index contributed by atoms with van der Waals surface area (Å²) in [6.07, 6.45) is 3.03. The van der Waals surface area contributed by atoms with Crippen molar-refractivity contribution in [2.24, 2.45) is 0 Å². The molecule has 1 aromatic heterocycles. The van der Waals surface area contributed by atoms with Crippen LogP contribution in [0, 0.1) is 0 Å². The van der Waals surface area contributed by atoms with Crippen molar-refractivity contribution in [3.8, 4) is 0 Å². The molecule has 106 valence electrons. The highest BCUT2D eigenvalue weighted by Gasteiger charge is 2.25. The zero-order valence-corrected chi connectivity index (χ0v) is 12.2. The second kappa shape index (κ2) is 5.75. The minimum atomic E-state index is 0.182. The summed E-state index contributed by atoms with van der Waals surface area (Å²) in [5.74, 6) is 1.57. The van der Waals surface area contributed by atoms with Crippen LogP contribution in [0.15, 0.2) is 28.8 Å². The molecule has 1 aromatic carbocycles. The number of aryl methyl sites for hydroxylation is 1. The van der Waals surface area contributed by atoms with Crippen molar-refractivity contribution in [1.29, 1.82) is 0 Å². The van der Waals surface area contributed by atoms with E-state index in [1.807, 2.05) is 0 Å². The molecule has 0 aliphatic carbocycles. The summed E-state index contributed by atoms with van der Waals surface area (Å²) in [4.78, 5) is 6.92. The molecular weight excluding hydrogens is 250 g/mol. The van der Waals surface area contributed by atoms with Crippen LogP contribution in [-0.2, 0) is 19.4 Å². The average molecular weight is 271 g/mol. The Labute approximate surface area is 119 Å². The lowest BCUT2D eigenvalue weighted by molar-refractivity contribution is 0.158. The summed E-state index contributed by atoms with van der Waals surface area (Å²) < 4.78 is 5.42. The van der Waals surface area contributed by atoms with Crippen molar-refractivity contribution >= 4 is 0 Å². The molecular formula is C16H21N3O. The second-order valence-electron chi connectivity index (χ2n) is 5.46. The van der Waals surface area contributed by atoms with Crippen molar-refractivity contribution in [2.45, 2.75) is 45.7 Å². The van der Waals surface area contributed by atoms with E-state index in [9.17, 15) is 0 Å². The van der Waals surface area contributed by atoms with Crippen LogP contribution < -0.4 is 0 Å². The van der Waals surface area contributed by atoms with E-state index < -0.39 is 0 Å². The molecule has 1 aliphatic rings. The largest absolute Gasteiger partial charge is 0.338 e. The number of fused-ring (bicyclic) bond motifs is 1. The number of aromatic nitrogens is 2. The first kappa shape index (κ1) is 13.3. The smallest absolute Gasteiger partial charge is 0.243 e. The van der Waals surface area contributed by atoms with E-state index in [4.69, 9.17) is 4.52 Å². The van der Waals surface area contributed by atoms with Gasteiger partial charge in [-0.15, -0.1) is 0 Å². The molecule has 0 N–H and O–H groups in total. The summed E-state index contributed by atoms with van der Waals surface area (Å²) in [6.45, 7) is 6.28. The monoisotopic (exact) mass is 271 g/mol. The summed E-state index contributed by atoms with van der Waals surface area (Å²) in [5.41, 5.74) is 2.88. The van der Waals surface area contributed by atoms with Crippen molar-refractivity contribution < 1.29 is 4.52 Å². The minimum Gasteiger partial charge on any atom is -0.338 e. The molecule has 1 atom stereocenters. The molecule has 0 unspecified atom stereocenters. The van der Waals surface area contributed by atoms with Gasteiger partial charge in [0, 0.05) is 19.5 Å². The molecule has 0 spiro atoms. The van der Waals surface area contributed by atoms with Crippen molar-refractivity contribution in [2.75, 3.05) is 6.54 Å². The van der Waals surface area contributed by atoms with Crippen LogP contribution in [0.4, 0.5) is 0 Å². The Morgan fingerprint density at radius 2 is 2.10 bits per heavy atom. The van der Waals surface area contributed by atoms with Crippen LogP contribution in [0.2, 0.25) is 0 Å². The quantitative estimate of drug-likeness (QED) is 0.856. The van der Waals surface area contributed by atoms with Crippen molar-refractivity contribution in [3.05, 3.63) is 47.1 Å².